The molecule has 0 bridgehead atoms. The molecule has 1 aromatic carbocycles. The van der Waals surface area contributed by atoms with Gasteiger partial charge in [0.1, 0.15) is 0 Å². The zero-order valence-electron chi connectivity index (χ0n) is 13.7. The van der Waals surface area contributed by atoms with Crippen LogP contribution in [0.15, 0.2) is 24.3 Å². The van der Waals surface area contributed by atoms with Crippen LogP contribution in [0.25, 0.3) is 0 Å². The van der Waals surface area contributed by atoms with Crippen molar-refractivity contribution in [2.75, 3.05) is 0 Å². The molecule has 0 heterocycles. The van der Waals surface area contributed by atoms with Crippen molar-refractivity contribution in [2.45, 2.75) is 78.3 Å². The van der Waals surface area contributed by atoms with Crippen molar-refractivity contribution < 1.29 is 0 Å². The summed E-state index contributed by atoms with van der Waals surface area (Å²) in [6, 6.07) is 10.2. The lowest BCUT2D eigenvalue weighted by Gasteiger charge is -2.40. The average molecular weight is 273 g/mol. The topological polar surface area (TPSA) is 12.0 Å². The first-order valence-electron chi connectivity index (χ1n) is 8.29. The molecule has 0 aliphatic heterocycles. The molecule has 2 atom stereocenters. The van der Waals surface area contributed by atoms with E-state index in [-0.39, 0.29) is 0 Å². The Morgan fingerprint density at radius 2 is 2.10 bits per heavy atom. The monoisotopic (exact) mass is 273 g/mol. The van der Waals surface area contributed by atoms with E-state index in [9.17, 15) is 0 Å². The molecule has 0 radical (unpaired) electrons. The number of aryl methyl sites for hydroxylation is 2. The van der Waals surface area contributed by atoms with Crippen LogP contribution in [0, 0.1) is 12.3 Å². The average Bonchev–Trinajstić information content (AvgIpc) is 2.39. The molecule has 2 unspecified atom stereocenters. The van der Waals surface area contributed by atoms with Gasteiger partial charge in [-0.15, -0.1) is 0 Å². The lowest BCUT2D eigenvalue weighted by Crippen LogP contribution is -2.47. The van der Waals surface area contributed by atoms with Gasteiger partial charge in [0.05, 0.1) is 0 Å². The van der Waals surface area contributed by atoms with Crippen molar-refractivity contribution in [3.63, 3.8) is 0 Å². The molecule has 0 saturated heterocycles. The minimum Gasteiger partial charge on any atom is -0.311 e. The highest BCUT2D eigenvalue weighted by atomic mass is 15.0. The number of nitrogens with one attached hydrogen (secondary N) is 1. The molecule has 1 nitrogen and oxygen atoms in total. The van der Waals surface area contributed by atoms with Crippen molar-refractivity contribution in [3.05, 3.63) is 35.4 Å². The molecular formula is C19H31N. The molecular weight excluding hydrogens is 242 g/mol. The van der Waals surface area contributed by atoms with Gasteiger partial charge in [0, 0.05) is 12.1 Å². The predicted octanol–water partition coefficient (Wildman–Crippen LogP) is 4.87. The van der Waals surface area contributed by atoms with Gasteiger partial charge in [-0.1, -0.05) is 56.5 Å². The van der Waals surface area contributed by atoms with Gasteiger partial charge >= 0.3 is 0 Å². The van der Waals surface area contributed by atoms with Gasteiger partial charge < -0.3 is 5.32 Å². The maximum atomic E-state index is 3.89. The fourth-order valence-electron chi connectivity index (χ4n) is 3.48. The van der Waals surface area contributed by atoms with Crippen LogP contribution in [0.3, 0.4) is 0 Å². The molecule has 0 spiro atoms. The molecule has 112 valence electrons. The zero-order valence-corrected chi connectivity index (χ0v) is 13.7. The molecule has 0 aromatic heterocycles. The van der Waals surface area contributed by atoms with Gasteiger partial charge in [-0.05, 0) is 50.5 Å². The molecule has 1 aromatic rings. The zero-order chi connectivity index (χ0) is 14.6. The lowest BCUT2D eigenvalue weighted by atomic mass is 9.73. The summed E-state index contributed by atoms with van der Waals surface area (Å²) >= 11 is 0. The van der Waals surface area contributed by atoms with Crippen LogP contribution in [0.5, 0.6) is 0 Å². The van der Waals surface area contributed by atoms with Gasteiger partial charge in [-0.25, -0.2) is 0 Å². The Kier molecular flexibility index (Phi) is 5.26. The van der Waals surface area contributed by atoms with Crippen LogP contribution in [0.4, 0.5) is 0 Å². The van der Waals surface area contributed by atoms with Crippen molar-refractivity contribution in [1.29, 1.82) is 0 Å². The third kappa shape index (κ3) is 4.34. The maximum absolute atomic E-state index is 3.89. The van der Waals surface area contributed by atoms with Crippen LogP contribution >= 0.6 is 0 Å². The quantitative estimate of drug-likeness (QED) is 0.806. The number of benzene rings is 1. The van der Waals surface area contributed by atoms with Gasteiger partial charge in [-0.2, -0.15) is 0 Å². The van der Waals surface area contributed by atoms with E-state index in [1.54, 1.807) is 0 Å². The number of hydrogen-bond donors (Lipinski definition) is 1. The summed E-state index contributed by atoms with van der Waals surface area (Å²) in [5, 5.41) is 3.89. The highest BCUT2D eigenvalue weighted by Gasteiger charge is 2.32. The third-order valence-corrected chi connectivity index (χ3v) is 4.94. The second-order valence-corrected chi connectivity index (χ2v) is 7.38. The Balaban J connectivity index is 1.81. The second kappa shape index (κ2) is 6.76. The Morgan fingerprint density at radius 3 is 2.80 bits per heavy atom. The molecule has 1 saturated carbocycles. The molecule has 1 aliphatic carbocycles. The van der Waals surface area contributed by atoms with Crippen LogP contribution < -0.4 is 5.32 Å². The molecule has 1 N–H and O–H groups in total. The Bertz CT molecular complexity index is 422. The first-order chi connectivity index (χ1) is 9.47. The molecule has 2 rings (SSSR count). The summed E-state index contributed by atoms with van der Waals surface area (Å²) in [7, 11) is 0. The summed E-state index contributed by atoms with van der Waals surface area (Å²) < 4.78 is 0. The van der Waals surface area contributed by atoms with Crippen LogP contribution in [-0.2, 0) is 6.42 Å². The molecule has 0 amide bonds. The minimum atomic E-state index is 0.468. The highest BCUT2D eigenvalue weighted by molar-refractivity contribution is 5.22. The number of hydrogen-bond acceptors (Lipinski definition) is 1. The van der Waals surface area contributed by atoms with Gasteiger partial charge in [-0.3, -0.25) is 0 Å². The van der Waals surface area contributed by atoms with E-state index >= 15 is 0 Å². The van der Waals surface area contributed by atoms with E-state index in [0.717, 1.165) is 0 Å². The van der Waals surface area contributed by atoms with Crippen LogP contribution in [0.1, 0.15) is 64.0 Å². The van der Waals surface area contributed by atoms with Crippen LogP contribution in [-0.4, -0.2) is 12.1 Å². The highest BCUT2D eigenvalue weighted by Crippen LogP contribution is 2.35. The minimum absolute atomic E-state index is 0.468. The van der Waals surface area contributed by atoms with E-state index in [2.05, 4.69) is 57.3 Å². The van der Waals surface area contributed by atoms with E-state index in [4.69, 9.17) is 0 Å². The van der Waals surface area contributed by atoms with Gasteiger partial charge in [0.25, 0.3) is 0 Å². The second-order valence-electron chi connectivity index (χ2n) is 7.38. The summed E-state index contributed by atoms with van der Waals surface area (Å²) in [5.74, 6) is 0. The maximum Gasteiger partial charge on any atom is 0.0121 e. The third-order valence-electron chi connectivity index (χ3n) is 4.94. The first kappa shape index (κ1) is 15.6. The fourth-order valence-corrected chi connectivity index (χ4v) is 3.48. The first-order valence-corrected chi connectivity index (χ1v) is 8.29. The Morgan fingerprint density at radius 1 is 1.30 bits per heavy atom. The summed E-state index contributed by atoms with van der Waals surface area (Å²) in [5.41, 5.74) is 3.31. The van der Waals surface area contributed by atoms with Crippen LogP contribution in [0.2, 0.25) is 0 Å². The van der Waals surface area contributed by atoms with E-state index in [1.807, 2.05) is 0 Å². The fraction of sp³-hybridized carbons (Fsp3) is 0.684. The SMILES string of the molecule is Cc1cccc(CCC(C)NC2CCCCC2(C)C)c1. The summed E-state index contributed by atoms with van der Waals surface area (Å²) in [6.45, 7) is 9.38. The van der Waals surface area contributed by atoms with Gasteiger partial charge in [0.2, 0.25) is 0 Å². The standard InChI is InChI=1S/C19H31N/c1-15-8-7-9-17(14-15)12-11-16(2)20-18-10-5-6-13-19(18,3)4/h7-9,14,16,18,20H,5-6,10-13H2,1-4H3. The smallest absolute Gasteiger partial charge is 0.0121 e. The summed E-state index contributed by atoms with van der Waals surface area (Å²) in [6.07, 6.45) is 7.94. The molecule has 1 fully saturated rings. The normalized spacial score (nSPS) is 23.5. The Hall–Kier alpha value is -0.820. The van der Waals surface area contributed by atoms with Crippen molar-refractivity contribution in [3.8, 4) is 0 Å². The largest absolute Gasteiger partial charge is 0.311 e. The number of rotatable bonds is 5. The predicted molar refractivity (Wildman–Crippen MR) is 88.1 cm³/mol. The Labute approximate surface area is 125 Å². The van der Waals surface area contributed by atoms with Crippen molar-refractivity contribution >= 4 is 0 Å². The van der Waals surface area contributed by atoms with Crippen molar-refractivity contribution in [1.82, 2.24) is 5.32 Å². The van der Waals surface area contributed by atoms with E-state index in [0.29, 0.717) is 17.5 Å². The molecule has 1 heteroatoms. The molecule has 20 heavy (non-hydrogen) atoms. The van der Waals surface area contributed by atoms with E-state index in [1.165, 1.54) is 49.7 Å². The van der Waals surface area contributed by atoms with Crippen molar-refractivity contribution in [2.24, 2.45) is 5.41 Å². The molecule has 1 aliphatic rings. The lowest BCUT2D eigenvalue weighted by molar-refractivity contribution is 0.156. The van der Waals surface area contributed by atoms with Gasteiger partial charge in [0.15, 0.2) is 0 Å². The van der Waals surface area contributed by atoms with E-state index < -0.39 is 0 Å². The summed E-state index contributed by atoms with van der Waals surface area (Å²) in [4.78, 5) is 0.